The molecule has 2 aliphatic carbocycles. The molecule has 2 rings (SSSR count). The third-order valence-corrected chi connectivity index (χ3v) is 5.55. The lowest BCUT2D eigenvalue weighted by molar-refractivity contribution is -0.148. The zero-order valence-electron chi connectivity index (χ0n) is 13.4. The van der Waals surface area contributed by atoms with E-state index in [1.165, 1.54) is 51.4 Å². The maximum atomic E-state index is 11.9. The number of rotatable bonds is 6. The van der Waals surface area contributed by atoms with Crippen molar-refractivity contribution >= 4 is 5.97 Å². The first-order chi connectivity index (χ1) is 9.74. The van der Waals surface area contributed by atoms with Crippen molar-refractivity contribution < 1.29 is 9.53 Å². The maximum Gasteiger partial charge on any atom is 0.308 e. The number of unbranched alkanes of at least 4 members (excludes halogenated alkanes) is 2. The number of hydrogen-bond donors (Lipinski definition) is 0. The highest BCUT2D eigenvalue weighted by Crippen LogP contribution is 2.46. The van der Waals surface area contributed by atoms with E-state index in [0.717, 1.165) is 30.6 Å². The van der Waals surface area contributed by atoms with Gasteiger partial charge < -0.3 is 4.74 Å². The summed E-state index contributed by atoms with van der Waals surface area (Å²) in [6.07, 6.45) is 13.1. The second-order valence-electron chi connectivity index (χ2n) is 6.96. The summed E-state index contributed by atoms with van der Waals surface area (Å²) >= 11 is 0. The van der Waals surface area contributed by atoms with E-state index in [0.29, 0.717) is 6.61 Å². The van der Waals surface area contributed by atoms with E-state index in [-0.39, 0.29) is 11.9 Å². The molecule has 2 aliphatic rings. The predicted octanol–water partition coefficient (Wildman–Crippen LogP) is 4.96. The van der Waals surface area contributed by atoms with Crippen LogP contribution in [0.5, 0.6) is 0 Å². The van der Waals surface area contributed by atoms with Crippen molar-refractivity contribution in [3.63, 3.8) is 0 Å². The second kappa shape index (κ2) is 8.05. The van der Waals surface area contributed by atoms with Crippen LogP contribution in [-0.4, -0.2) is 12.6 Å². The molecule has 0 aromatic heterocycles. The normalized spacial score (nSPS) is 28.1. The molecule has 0 unspecified atom stereocenters. The number of hydrogen-bond acceptors (Lipinski definition) is 2. The van der Waals surface area contributed by atoms with Crippen LogP contribution in [0.2, 0.25) is 0 Å². The minimum absolute atomic E-state index is 0.0620. The van der Waals surface area contributed by atoms with Crippen LogP contribution >= 0.6 is 0 Å². The van der Waals surface area contributed by atoms with E-state index < -0.39 is 0 Å². The average Bonchev–Trinajstić information content (AvgIpc) is 2.71. The number of fused-ring (bicyclic) bond motifs is 1. The molecular weight excluding hydrogens is 248 g/mol. The quantitative estimate of drug-likeness (QED) is 0.507. The minimum atomic E-state index is 0.0620. The Bertz CT molecular complexity index is 284. The molecule has 0 saturated heterocycles. The van der Waals surface area contributed by atoms with Gasteiger partial charge in [0.25, 0.3) is 0 Å². The summed E-state index contributed by atoms with van der Waals surface area (Å²) in [4.78, 5) is 11.9. The van der Waals surface area contributed by atoms with E-state index in [4.69, 9.17) is 4.74 Å². The highest BCUT2D eigenvalue weighted by molar-refractivity contribution is 5.72. The van der Waals surface area contributed by atoms with Gasteiger partial charge in [-0.3, -0.25) is 4.79 Å². The zero-order chi connectivity index (χ0) is 14.4. The van der Waals surface area contributed by atoms with Crippen LogP contribution < -0.4 is 0 Å². The Morgan fingerprint density at radius 3 is 2.20 bits per heavy atom. The van der Waals surface area contributed by atoms with E-state index in [2.05, 4.69) is 6.92 Å². The molecule has 0 aromatic rings. The first-order valence-electron chi connectivity index (χ1n) is 8.91. The smallest absolute Gasteiger partial charge is 0.308 e. The second-order valence-corrected chi connectivity index (χ2v) is 6.96. The Kier molecular flexibility index (Phi) is 6.38. The van der Waals surface area contributed by atoms with Gasteiger partial charge in [0, 0.05) is 0 Å². The van der Waals surface area contributed by atoms with Crippen LogP contribution in [0.25, 0.3) is 0 Å². The molecule has 116 valence electrons. The van der Waals surface area contributed by atoms with E-state index in [1.807, 2.05) is 6.92 Å². The monoisotopic (exact) mass is 280 g/mol. The third-order valence-electron chi connectivity index (χ3n) is 5.55. The van der Waals surface area contributed by atoms with Gasteiger partial charge in [0.2, 0.25) is 0 Å². The minimum Gasteiger partial charge on any atom is -0.466 e. The highest BCUT2D eigenvalue weighted by Gasteiger charge is 2.37. The number of carbonyl (C=O) groups is 1. The van der Waals surface area contributed by atoms with Gasteiger partial charge in [0.1, 0.15) is 0 Å². The molecule has 2 atom stereocenters. The summed E-state index contributed by atoms with van der Waals surface area (Å²) in [5, 5.41) is 0. The van der Waals surface area contributed by atoms with Gasteiger partial charge in [-0.05, 0) is 63.2 Å². The number of carbonyl (C=O) groups excluding carboxylic acids is 1. The Morgan fingerprint density at radius 2 is 1.65 bits per heavy atom. The van der Waals surface area contributed by atoms with Crippen molar-refractivity contribution in [1.82, 2.24) is 0 Å². The summed E-state index contributed by atoms with van der Waals surface area (Å²) in [5.41, 5.74) is 0. The highest BCUT2D eigenvalue weighted by atomic mass is 16.5. The Balaban J connectivity index is 1.76. The fourth-order valence-electron chi connectivity index (χ4n) is 4.43. The molecule has 2 fully saturated rings. The summed E-state index contributed by atoms with van der Waals surface area (Å²) < 4.78 is 5.21. The predicted molar refractivity (Wildman–Crippen MR) is 82.4 cm³/mol. The number of ether oxygens (including phenoxy) is 1. The summed E-state index contributed by atoms with van der Waals surface area (Å²) in [6, 6.07) is 0. The lowest BCUT2D eigenvalue weighted by Crippen LogP contribution is -2.17. The lowest BCUT2D eigenvalue weighted by atomic mass is 9.92. The van der Waals surface area contributed by atoms with Crippen molar-refractivity contribution in [3.8, 4) is 0 Å². The maximum absolute atomic E-state index is 11.9. The van der Waals surface area contributed by atoms with Gasteiger partial charge in [-0.15, -0.1) is 0 Å². The molecule has 0 aromatic carbocycles. The van der Waals surface area contributed by atoms with Crippen molar-refractivity contribution in [2.75, 3.05) is 6.61 Å². The van der Waals surface area contributed by atoms with Gasteiger partial charge >= 0.3 is 5.97 Å². The SMILES string of the molecule is CCCCCC1C[C@H]2CCC(C(=O)OCC)CC[C@@H]2C1. The van der Waals surface area contributed by atoms with Crippen LogP contribution in [0.15, 0.2) is 0 Å². The third kappa shape index (κ3) is 4.23. The summed E-state index contributed by atoms with van der Waals surface area (Å²) in [6.45, 7) is 4.72. The van der Waals surface area contributed by atoms with E-state index >= 15 is 0 Å². The standard InChI is InChI=1S/C18H32O2/c1-3-5-6-7-14-12-16-10-8-15(18(19)20-4-2)9-11-17(16)13-14/h14-17H,3-13H2,1-2H3/t14?,15?,16-,17-/m1/s1. The molecular formula is C18H32O2. The zero-order valence-corrected chi connectivity index (χ0v) is 13.4. The molecule has 0 heterocycles. The van der Waals surface area contributed by atoms with E-state index in [9.17, 15) is 4.79 Å². The molecule has 2 heteroatoms. The fraction of sp³-hybridized carbons (Fsp3) is 0.944. The lowest BCUT2D eigenvalue weighted by Gasteiger charge is -2.14. The van der Waals surface area contributed by atoms with E-state index in [1.54, 1.807) is 0 Å². The number of esters is 1. The fourth-order valence-corrected chi connectivity index (χ4v) is 4.43. The van der Waals surface area contributed by atoms with Crippen molar-refractivity contribution in [3.05, 3.63) is 0 Å². The molecule has 0 bridgehead atoms. The summed E-state index contributed by atoms with van der Waals surface area (Å²) in [5.74, 6) is 3.05. The molecule has 20 heavy (non-hydrogen) atoms. The molecule has 2 saturated carbocycles. The van der Waals surface area contributed by atoms with Crippen molar-refractivity contribution in [2.45, 2.75) is 78.1 Å². The van der Waals surface area contributed by atoms with Gasteiger partial charge in [0.15, 0.2) is 0 Å². The van der Waals surface area contributed by atoms with Crippen molar-refractivity contribution in [1.29, 1.82) is 0 Å². The van der Waals surface area contributed by atoms with Gasteiger partial charge in [0.05, 0.1) is 12.5 Å². The first-order valence-corrected chi connectivity index (χ1v) is 8.91. The topological polar surface area (TPSA) is 26.3 Å². The van der Waals surface area contributed by atoms with Crippen LogP contribution in [0.1, 0.15) is 78.1 Å². The Hall–Kier alpha value is -0.530. The molecule has 2 nitrogen and oxygen atoms in total. The molecule has 0 amide bonds. The van der Waals surface area contributed by atoms with Crippen molar-refractivity contribution in [2.24, 2.45) is 23.7 Å². The van der Waals surface area contributed by atoms with Gasteiger partial charge in [-0.1, -0.05) is 32.6 Å². The van der Waals surface area contributed by atoms with Crippen LogP contribution in [-0.2, 0) is 9.53 Å². The average molecular weight is 280 g/mol. The van der Waals surface area contributed by atoms with Crippen LogP contribution in [0.4, 0.5) is 0 Å². The van der Waals surface area contributed by atoms with Gasteiger partial charge in [-0.2, -0.15) is 0 Å². The largest absolute Gasteiger partial charge is 0.466 e. The van der Waals surface area contributed by atoms with Crippen LogP contribution in [0, 0.1) is 23.7 Å². The molecule has 0 spiro atoms. The molecule has 0 aliphatic heterocycles. The Labute approximate surface area is 124 Å². The molecule has 0 N–H and O–H groups in total. The summed E-state index contributed by atoms with van der Waals surface area (Å²) in [7, 11) is 0. The van der Waals surface area contributed by atoms with Crippen LogP contribution in [0.3, 0.4) is 0 Å². The van der Waals surface area contributed by atoms with Gasteiger partial charge in [-0.25, -0.2) is 0 Å². The molecule has 0 radical (unpaired) electrons. The Morgan fingerprint density at radius 1 is 1.00 bits per heavy atom. The first kappa shape index (κ1) is 15.9.